The minimum Gasteiger partial charge on any atom is -0.394 e. The van der Waals surface area contributed by atoms with E-state index in [1.807, 2.05) is 4.98 Å². The van der Waals surface area contributed by atoms with E-state index in [1.165, 1.54) is 6.20 Å². The van der Waals surface area contributed by atoms with Crippen molar-refractivity contribution in [2.75, 3.05) is 6.61 Å². The largest absolute Gasteiger partial charge is 0.394 e. The van der Waals surface area contributed by atoms with Crippen molar-refractivity contribution in [2.24, 2.45) is 0 Å². The first-order chi connectivity index (χ1) is 9.01. The van der Waals surface area contributed by atoms with Gasteiger partial charge >= 0.3 is 5.69 Å². The first kappa shape index (κ1) is 13.3. The maximum atomic E-state index is 11.4. The van der Waals surface area contributed by atoms with Gasteiger partial charge in [0.15, 0.2) is 11.2 Å². The summed E-state index contributed by atoms with van der Waals surface area (Å²) in [6, 6.07) is 0. The van der Waals surface area contributed by atoms with Gasteiger partial charge in [0, 0.05) is 12.6 Å². The molecule has 2 unspecified atom stereocenters. The molecule has 0 aliphatic rings. The Kier molecular flexibility index (Phi) is 3.69. The quantitative estimate of drug-likeness (QED) is 0.403. The van der Waals surface area contributed by atoms with E-state index < -0.39 is 30.1 Å². The third kappa shape index (κ3) is 2.84. The van der Waals surface area contributed by atoms with E-state index in [9.17, 15) is 19.8 Å². The van der Waals surface area contributed by atoms with E-state index >= 15 is 0 Å². The zero-order chi connectivity index (χ0) is 14.0. The number of fused-ring (bicyclic) bond motifs is 1. The maximum Gasteiger partial charge on any atom is 0.327 e. The van der Waals surface area contributed by atoms with Crippen molar-refractivity contribution in [2.45, 2.75) is 18.6 Å². The molecular formula is C10H12N4O5. The molecule has 0 fully saturated rings. The molecule has 0 spiro atoms. The molecule has 2 heterocycles. The van der Waals surface area contributed by atoms with Gasteiger partial charge in [-0.3, -0.25) is 14.8 Å². The second-order valence-corrected chi connectivity index (χ2v) is 3.99. The average Bonchev–Trinajstić information content (AvgIpc) is 2.36. The lowest BCUT2D eigenvalue weighted by Gasteiger charge is -2.14. The number of hydrogen-bond donors (Lipinski definition) is 5. The molecule has 102 valence electrons. The summed E-state index contributed by atoms with van der Waals surface area (Å²) in [4.78, 5) is 34.6. The van der Waals surface area contributed by atoms with Crippen LogP contribution < -0.4 is 11.2 Å². The van der Waals surface area contributed by atoms with Crippen LogP contribution in [0.1, 0.15) is 5.69 Å². The highest BCUT2D eigenvalue weighted by Gasteiger charge is 2.17. The van der Waals surface area contributed by atoms with Gasteiger partial charge in [0.25, 0.3) is 5.56 Å². The number of nitrogens with one attached hydrogen (secondary N) is 2. The third-order valence-electron chi connectivity index (χ3n) is 2.55. The average molecular weight is 268 g/mol. The number of aliphatic hydroxyl groups excluding tert-OH is 3. The van der Waals surface area contributed by atoms with Crippen molar-refractivity contribution in [3.8, 4) is 0 Å². The highest BCUT2D eigenvalue weighted by molar-refractivity contribution is 5.67. The van der Waals surface area contributed by atoms with Crippen LogP contribution in [-0.4, -0.2) is 54.1 Å². The fourth-order valence-electron chi connectivity index (χ4n) is 1.55. The Morgan fingerprint density at radius 1 is 1.21 bits per heavy atom. The minimum absolute atomic E-state index is 0.00283. The summed E-state index contributed by atoms with van der Waals surface area (Å²) in [7, 11) is 0. The van der Waals surface area contributed by atoms with Crippen LogP contribution in [0.2, 0.25) is 0 Å². The Bertz CT molecular complexity index is 694. The first-order valence-electron chi connectivity index (χ1n) is 5.46. The molecule has 0 aliphatic carbocycles. The normalized spacial score (nSPS) is 14.5. The lowest BCUT2D eigenvalue weighted by Crippen LogP contribution is -2.31. The van der Waals surface area contributed by atoms with Gasteiger partial charge in [0.05, 0.1) is 18.4 Å². The summed E-state index contributed by atoms with van der Waals surface area (Å²) in [5.74, 6) is 0. The Morgan fingerprint density at radius 2 is 1.95 bits per heavy atom. The second-order valence-electron chi connectivity index (χ2n) is 3.99. The molecule has 19 heavy (non-hydrogen) atoms. The van der Waals surface area contributed by atoms with Crippen LogP contribution in [0.3, 0.4) is 0 Å². The number of H-pyrrole nitrogens is 2. The number of aromatic nitrogens is 4. The van der Waals surface area contributed by atoms with Gasteiger partial charge in [-0.15, -0.1) is 0 Å². The van der Waals surface area contributed by atoms with Crippen molar-refractivity contribution in [3.05, 3.63) is 32.7 Å². The van der Waals surface area contributed by atoms with Crippen LogP contribution in [-0.2, 0) is 6.42 Å². The molecule has 0 saturated carbocycles. The van der Waals surface area contributed by atoms with Gasteiger partial charge < -0.3 is 15.3 Å². The molecule has 2 aromatic rings. The van der Waals surface area contributed by atoms with E-state index in [-0.39, 0.29) is 23.3 Å². The van der Waals surface area contributed by atoms with Crippen LogP contribution >= 0.6 is 0 Å². The molecular weight excluding hydrogens is 256 g/mol. The molecule has 2 aromatic heterocycles. The number of rotatable bonds is 4. The summed E-state index contributed by atoms with van der Waals surface area (Å²) >= 11 is 0. The monoisotopic (exact) mass is 268 g/mol. The fourth-order valence-corrected chi connectivity index (χ4v) is 1.55. The highest BCUT2D eigenvalue weighted by atomic mass is 16.4. The van der Waals surface area contributed by atoms with E-state index in [4.69, 9.17) is 5.11 Å². The van der Waals surface area contributed by atoms with Crippen molar-refractivity contribution in [3.63, 3.8) is 0 Å². The molecule has 9 heteroatoms. The molecule has 0 radical (unpaired) electrons. The summed E-state index contributed by atoms with van der Waals surface area (Å²) < 4.78 is 0. The fraction of sp³-hybridized carbons (Fsp3) is 0.400. The van der Waals surface area contributed by atoms with Crippen molar-refractivity contribution in [1.29, 1.82) is 0 Å². The Hall–Kier alpha value is -2.10. The third-order valence-corrected chi connectivity index (χ3v) is 2.55. The topological polar surface area (TPSA) is 152 Å². The van der Waals surface area contributed by atoms with E-state index in [1.54, 1.807) is 0 Å². The number of aliphatic hydroxyl groups is 3. The minimum atomic E-state index is -1.30. The maximum absolute atomic E-state index is 11.4. The summed E-state index contributed by atoms with van der Waals surface area (Å²) in [6.45, 7) is -0.585. The van der Waals surface area contributed by atoms with Crippen LogP contribution in [0.25, 0.3) is 11.2 Å². The van der Waals surface area contributed by atoms with Gasteiger partial charge in [0.1, 0.15) is 6.10 Å². The lowest BCUT2D eigenvalue weighted by molar-refractivity contribution is -0.0136. The van der Waals surface area contributed by atoms with Crippen molar-refractivity contribution in [1.82, 2.24) is 19.9 Å². The summed E-state index contributed by atoms with van der Waals surface area (Å²) in [5, 5.41) is 27.5. The van der Waals surface area contributed by atoms with Gasteiger partial charge in [-0.05, 0) is 0 Å². The van der Waals surface area contributed by atoms with Gasteiger partial charge in [-0.2, -0.15) is 0 Å². The lowest BCUT2D eigenvalue weighted by atomic mass is 10.1. The molecule has 0 aromatic carbocycles. The summed E-state index contributed by atoms with van der Waals surface area (Å²) in [5.41, 5.74) is -1.13. The number of nitrogens with zero attached hydrogens (tertiary/aromatic N) is 2. The van der Waals surface area contributed by atoms with E-state index in [0.29, 0.717) is 0 Å². The predicted molar refractivity (Wildman–Crippen MR) is 63.6 cm³/mol. The smallest absolute Gasteiger partial charge is 0.327 e. The first-order valence-corrected chi connectivity index (χ1v) is 5.46. The van der Waals surface area contributed by atoms with Crippen LogP contribution in [0.5, 0.6) is 0 Å². The number of hydrogen-bond acceptors (Lipinski definition) is 7. The van der Waals surface area contributed by atoms with Crippen LogP contribution in [0.15, 0.2) is 15.8 Å². The second kappa shape index (κ2) is 5.26. The Balaban J connectivity index is 2.37. The molecule has 5 N–H and O–H groups in total. The Morgan fingerprint density at radius 3 is 2.63 bits per heavy atom. The summed E-state index contributed by atoms with van der Waals surface area (Å²) in [6.07, 6.45) is -1.33. The number of aromatic amines is 2. The zero-order valence-corrected chi connectivity index (χ0v) is 9.70. The van der Waals surface area contributed by atoms with Crippen molar-refractivity contribution < 1.29 is 15.3 Å². The molecule has 0 amide bonds. The van der Waals surface area contributed by atoms with E-state index in [2.05, 4.69) is 15.0 Å². The molecule has 0 saturated heterocycles. The standard InChI is InChI=1S/C10H12N4O5/c15-3-6(17)5(16)1-4-2-11-7-8(12-4)13-10(19)14-9(7)18/h2,5-6,15-17H,1,3H2,(H2,12,13,14,18,19). The molecule has 9 nitrogen and oxygen atoms in total. The van der Waals surface area contributed by atoms with Crippen LogP contribution in [0.4, 0.5) is 0 Å². The van der Waals surface area contributed by atoms with Gasteiger partial charge in [-0.25, -0.2) is 14.8 Å². The SMILES string of the molecule is O=c1[nH]c(=O)c2ncc(CC(O)C(O)CO)nc2[nH]1. The predicted octanol–water partition coefficient (Wildman–Crippen LogP) is -2.74. The highest BCUT2D eigenvalue weighted by Crippen LogP contribution is 2.05. The van der Waals surface area contributed by atoms with Crippen LogP contribution in [0, 0.1) is 0 Å². The van der Waals surface area contributed by atoms with Crippen molar-refractivity contribution >= 4 is 11.2 Å². The van der Waals surface area contributed by atoms with Gasteiger partial charge in [-0.1, -0.05) is 0 Å². The molecule has 2 rings (SSSR count). The molecule has 0 bridgehead atoms. The Labute approximate surface area is 105 Å². The molecule has 0 aliphatic heterocycles. The zero-order valence-electron chi connectivity index (χ0n) is 9.70. The van der Waals surface area contributed by atoms with Gasteiger partial charge in [0.2, 0.25) is 0 Å². The molecule has 2 atom stereocenters. The van der Waals surface area contributed by atoms with E-state index in [0.717, 1.165) is 0 Å².